The van der Waals surface area contributed by atoms with Gasteiger partial charge in [-0.3, -0.25) is 4.79 Å². The molecule has 0 unspecified atom stereocenters. The van der Waals surface area contributed by atoms with Crippen LogP contribution >= 0.6 is 15.9 Å². The van der Waals surface area contributed by atoms with E-state index in [2.05, 4.69) is 21.2 Å². The van der Waals surface area contributed by atoms with Gasteiger partial charge in [0.1, 0.15) is 5.82 Å². The van der Waals surface area contributed by atoms with E-state index in [1.54, 1.807) is 12.1 Å². The number of halogens is 2. The fraction of sp³-hybridized carbons (Fsp3) is 0.381. The van der Waals surface area contributed by atoms with Crippen molar-refractivity contribution in [3.8, 4) is 0 Å². The molecule has 1 fully saturated rings. The maximum Gasteiger partial charge on any atom is 0.243 e. The highest BCUT2D eigenvalue weighted by molar-refractivity contribution is 9.10. The molecule has 0 spiro atoms. The summed E-state index contributed by atoms with van der Waals surface area (Å²) in [6.07, 6.45) is 0.208. The molecule has 1 N–H and O–H groups in total. The number of amides is 1. The number of hydrogen-bond acceptors (Lipinski definition) is 4. The minimum atomic E-state index is -3.53. The molecule has 162 valence electrons. The molecule has 0 radical (unpaired) electrons. The van der Waals surface area contributed by atoms with E-state index in [-0.39, 0.29) is 18.0 Å². The van der Waals surface area contributed by atoms with E-state index in [4.69, 9.17) is 0 Å². The van der Waals surface area contributed by atoms with E-state index >= 15 is 0 Å². The molecule has 1 saturated heterocycles. The Balaban J connectivity index is 1.51. The average Bonchev–Trinajstić information content (AvgIpc) is 2.68. The van der Waals surface area contributed by atoms with Crippen LogP contribution in [-0.2, 0) is 14.8 Å². The second-order valence-electron chi connectivity index (χ2n) is 7.44. The molecule has 0 saturated carbocycles. The summed E-state index contributed by atoms with van der Waals surface area (Å²) < 4.78 is 41.8. The summed E-state index contributed by atoms with van der Waals surface area (Å²) in [6.45, 7) is 6.07. The van der Waals surface area contributed by atoms with Crippen molar-refractivity contribution in [3.63, 3.8) is 0 Å². The van der Waals surface area contributed by atoms with Crippen LogP contribution in [0.5, 0.6) is 0 Å². The van der Waals surface area contributed by atoms with E-state index in [0.717, 1.165) is 11.1 Å². The summed E-state index contributed by atoms with van der Waals surface area (Å²) in [4.78, 5) is 14.5. The van der Waals surface area contributed by atoms with Crippen LogP contribution in [0.15, 0.2) is 45.8 Å². The monoisotopic (exact) mass is 497 g/mol. The van der Waals surface area contributed by atoms with Crippen molar-refractivity contribution < 1.29 is 17.6 Å². The van der Waals surface area contributed by atoms with Gasteiger partial charge in [0.2, 0.25) is 15.9 Å². The fourth-order valence-electron chi connectivity index (χ4n) is 3.48. The number of benzene rings is 2. The molecule has 0 bridgehead atoms. The van der Waals surface area contributed by atoms with E-state index < -0.39 is 15.8 Å². The molecular weight excluding hydrogens is 473 g/mol. The highest BCUT2D eigenvalue weighted by Crippen LogP contribution is 2.22. The first-order chi connectivity index (χ1) is 14.2. The molecule has 0 aliphatic carbocycles. The largest absolute Gasteiger partial charge is 0.324 e. The van der Waals surface area contributed by atoms with Crippen LogP contribution in [0.2, 0.25) is 0 Å². The van der Waals surface area contributed by atoms with Crippen molar-refractivity contribution in [1.29, 1.82) is 0 Å². The Kier molecular flexibility index (Phi) is 7.28. The molecule has 2 aromatic carbocycles. The number of piperazine rings is 1. The van der Waals surface area contributed by atoms with Gasteiger partial charge >= 0.3 is 0 Å². The third-order valence-corrected chi connectivity index (χ3v) is 7.69. The Labute approximate surface area is 185 Å². The molecule has 3 rings (SSSR count). The second-order valence-corrected chi connectivity index (χ2v) is 10.3. The maximum atomic E-state index is 13.8. The van der Waals surface area contributed by atoms with Crippen LogP contribution in [-0.4, -0.2) is 56.3 Å². The Bertz CT molecular complexity index is 1040. The van der Waals surface area contributed by atoms with Crippen molar-refractivity contribution in [2.75, 3.05) is 38.0 Å². The quantitative estimate of drug-likeness (QED) is 0.662. The average molecular weight is 498 g/mol. The summed E-state index contributed by atoms with van der Waals surface area (Å²) in [5, 5.41) is 2.57. The van der Waals surface area contributed by atoms with E-state index in [1.807, 2.05) is 30.9 Å². The lowest BCUT2D eigenvalue weighted by Crippen LogP contribution is -2.49. The normalized spacial score (nSPS) is 15.9. The molecule has 6 nitrogen and oxygen atoms in total. The van der Waals surface area contributed by atoms with Crippen LogP contribution < -0.4 is 5.32 Å². The summed E-state index contributed by atoms with van der Waals surface area (Å²) in [7, 11) is -3.53. The smallest absolute Gasteiger partial charge is 0.243 e. The van der Waals surface area contributed by atoms with Crippen molar-refractivity contribution >= 4 is 37.5 Å². The van der Waals surface area contributed by atoms with Crippen molar-refractivity contribution in [1.82, 2.24) is 9.21 Å². The Morgan fingerprint density at radius 2 is 1.80 bits per heavy atom. The van der Waals surface area contributed by atoms with E-state index in [0.29, 0.717) is 42.1 Å². The Morgan fingerprint density at radius 1 is 1.10 bits per heavy atom. The van der Waals surface area contributed by atoms with Crippen LogP contribution in [0.25, 0.3) is 0 Å². The van der Waals surface area contributed by atoms with Gasteiger partial charge in [-0.1, -0.05) is 33.6 Å². The van der Waals surface area contributed by atoms with Gasteiger partial charge in [-0.15, -0.1) is 0 Å². The molecule has 9 heteroatoms. The standard InChI is InChI=1S/C21H25BrFN3O3S/c1-15-3-6-20(16(2)13-15)30(28,29)26-11-9-25(10-12-26)8-7-21(27)24-19-5-4-17(22)14-18(19)23/h3-6,13-14H,7-12H2,1-2H3,(H,24,27). The molecule has 0 aromatic heterocycles. The molecule has 30 heavy (non-hydrogen) atoms. The SMILES string of the molecule is Cc1ccc(S(=O)(=O)N2CCN(CCC(=O)Nc3ccc(Br)cc3F)CC2)c(C)c1. The maximum absolute atomic E-state index is 13.8. The van der Waals surface area contributed by atoms with Gasteiger partial charge in [0.15, 0.2) is 0 Å². The predicted octanol–water partition coefficient (Wildman–Crippen LogP) is 3.54. The lowest BCUT2D eigenvalue weighted by atomic mass is 10.2. The number of aryl methyl sites for hydroxylation is 2. The number of carbonyl (C=O) groups excluding carboxylic acids is 1. The van der Waals surface area contributed by atoms with E-state index in [1.165, 1.54) is 16.4 Å². The molecule has 0 atom stereocenters. The van der Waals surface area contributed by atoms with Gasteiger partial charge in [0, 0.05) is 43.6 Å². The molecule has 1 amide bonds. The van der Waals surface area contributed by atoms with Gasteiger partial charge in [-0.05, 0) is 43.7 Å². The minimum absolute atomic E-state index is 0.146. The van der Waals surface area contributed by atoms with Crippen LogP contribution in [0.1, 0.15) is 17.5 Å². The second kappa shape index (κ2) is 9.55. The highest BCUT2D eigenvalue weighted by Gasteiger charge is 2.29. The molecule has 2 aromatic rings. The van der Waals surface area contributed by atoms with Gasteiger partial charge in [0.25, 0.3) is 0 Å². The van der Waals surface area contributed by atoms with E-state index in [9.17, 15) is 17.6 Å². The number of carbonyl (C=O) groups is 1. The Hall–Kier alpha value is -1.81. The zero-order valence-corrected chi connectivity index (χ0v) is 19.4. The number of anilines is 1. The van der Waals surface area contributed by atoms with Gasteiger partial charge in [0.05, 0.1) is 10.6 Å². The van der Waals surface area contributed by atoms with Crippen molar-refractivity contribution in [3.05, 3.63) is 57.8 Å². The first-order valence-electron chi connectivity index (χ1n) is 9.71. The third kappa shape index (κ3) is 5.46. The number of nitrogens with zero attached hydrogens (tertiary/aromatic N) is 2. The minimum Gasteiger partial charge on any atom is -0.324 e. The van der Waals surface area contributed by atoms with Gasteiger partial charge in [-0.25, -0.2) is 12.8 Å². The first kappa shape index (κ1) is 22.9. The fourth-order valence-corrected chi connectivity index (χ4v) is 5.45. The van der Waals surface area contributed by atoms with Crippen molar-refractivity contribution in [2.24, 2.45) is 0 Å². The van der Waals surface area contributed by atoms with Crippen molar-refractivity contribution in [2.45, 2.75) is 25.2 Å². The molecule has 1 aliphatic rings. The molecule has 1 heterocycles. The third-order valence-electron chi connectivity index (χ3n) is 5.14. The Morgan fingerprint density at radius 3 is 2.43 bits per heavy atom. The zero-order chi connectivity index (χ0) is 21.9. The number of nitrogens with one attached hydrogen (secondary N) is 1. The lowest BCUT2D eigenvalue weighted by molar-refractivity contribution is -0.116. The topological polar surface area (TPSA) is 69.7 Å². The summed E-state index contributed by atoms with van der Waals surface area (Å²) >= 11 is 3.18. The summed E-state index contributed by atoms with van der Waals surface area (Å²) in [6, 6.07) is 9.81. The molecular formula is C21H25BrFN3O3S. The number of sulfonamides is 1. The van der Waals surface area contributed by atoms with Gasteiger partial charge in [-0.2, -0.15) is 4.31 Å². The molecule has 1 aliphatic heterocycles. The zero-order valence-electron chi connectivity index (χ0n) is 17.0. The van der Waals surface area contributed by atoms with Gasteiger partial charge < -0.3 is 10.2 Å². The van der Waals surface area contributed by atoms with Crippen LogP contribution in [0, 0.1) is 19.7 Å². The summed E-state index contributed by atoms with van der Waals surface area (Å²) in [5.41, 5.74) is 1.92. The highest BCUT2D eigenvalue weighted by atomic mass is 79.9. The lowest BCUT2D eigenvalue weighted by Gasteiger charge is -2.34. The summed E-state index contributed by atoms with van der Waals surface area (Å²) in [5.74, 6) is -0.774. The number of rotatable bonds is 6. The first-order valence-corrected chi connectivity index (χ1v) is 11.9. The predicted molar refractivity (Wildman–Crippen MR) is 118 cm³/mol. The number of hydrogen-bond donors (Lipinski definition) is 1. The van der Waals surface area contributed by atoms with Crippen LogP contribution in [0.3, 0.4) is 0 Å². The van der Waals surface area contributed by atoms with Crippen LogP contribution in [0.4, 0.5) is 10.1 Å².